The van der Waals surface area contributed by atoms with E-state index in [1.165, 1.54) is 0 Å². The van der Waals surface area contributed by atoms with Gasteiger partial charge in [0.05, 0.1) is 23.7 Å². The lowest BCUT2D eigenvalue weighted by Crippen LogP contribution is -2.31. The van der Waals surface area contributed by atoms with Crippen LogP contribution in [-0.4, -0.2) is 40.2 Å². The molecule has 6 heteroatoms. The van der Waals surface area contributed by atoms with E-state index in [0.717, 1.165) is 36.4 Å². The minimum Gasteiger partial charge on any atom is -0.376 e. The van der Waals surface area contributed by atoms with Crippen LogP contribution >= 0.6 is 0 Å². The lowest BCUT2D eigenvalue weighted by molar-refractivity contribution is 0.0858. The molecule has 2 aromatic carbocycles. The first kappa shape index (κ1) is 16.5. The summed E-state index contributed by atoms with van der Waals surface area (Å²) in [6, 6.07) is 17.3. The second kappa shape index (κ2) is 7.49. The number of rotatable bonds is 5. The highest BCUT2D eigenvalue weighted by Gasteiger charge is 2.17. The van der Waals surface area contributed by atoms with Gasteiger partial charge in [-0.05, 0) is 37.1 Å². The Morgan fingerprint density at radius 3 is 2.69 bits per heavy atom. The van der Waals surface area contributed by atoms with Gasteiger partial charge in [-0.1, -0.05) is 35.5 Å². The number of amides is 1. The molecule has 2 heterocycles. The quantitative estimate of drug-likeness (QED) is 0.770. The van der Waals surface area contributed by atoms with Crippen LogP contribution in [0.25, 0.3) is 16.9 Å². The number of nitrogens with one attached hydrogen (secondary N) is 1. The molecule has 3 aromatic rings. The predicted octanol–water partition coefficient (Wildman–Crippen LogP) is 2.84. The second-order valence-corrected chi connectivity index (χ2v) is 6.29. The molecule has 26 heavy (non-hydrogen) atoms. The van der Waals surface area contributed by atoms with Crippen molar-refractivity contribution in [1.29, 1.82) is 0 Å². The standard InChI is InChI=1S/C20H20N4O2/c25-20(21-13-18-7-4-12-26-18)16-8-10-17(11-9-16)24-19(14-22-23-24)15-5-2-1-3-6-15/h1-3,5-6,8-11,14,18H,4,7,12-13H2,(H,21,25)/t18-/m0/s1. The molecular formula is C20H20N4O2. The van der Waals surface area contributed by atoms with E-state index in [-0.39, 0.29) is 12.0 Å². The molecule has 1 N–H and O–H groups in total. The van der Waals surface area contributed by atoms with Gasteiger partial charge < -0.3 is 10.1 Å². The Morgan fingerprint density at radius 1 is 1.15 bits per heavy atom. The number of aromatic nitrogens is 3. The molecule has 1 aliphatic rings. The number of nitrogens with zero attached hydrogens (tertiary/aromatic N) is 3. The van der Waals surface area contributed by atoms with Crippen molar-refractivity contribution in [3.63, 3.8) is 0 Å². The molecule has 4 rings (SSSR count). The first-order valence-corrected chi connectivity index (χ1v) is 8.77. The van der Waals surface area contributed by atoms with Crippen molar-refractivity contribution in [2.45, 2.75) is 18.9 Å². The van der Waals surface area contributed by atoms with Gasteiger partial charge in [-0.15, -0.1) is 5.10 Å². The van der Waals surface area contributed by atoms with Crippen molar-refractivity contribution in [3.8, 4) is 16.9 Å². The van der Waals surface area contributed by atoms with E-state index in [0.29, 0.717) is 12.1 Å². The number of carbonyl (C=O) groups is 1. The molecule has 0 spiro atoms. The number of hydrogen-bond acceptors (Lipinski definition) is 4. The molecule has 1 atom stereocenters. The first-order chi connectivity index (χ1) is 12.8. The highest BCUT2D eigenvalue weighted by atomic mass is 16.5. The summed E-state index contributed by atoms with van der Waals surface area (Å²) in [7, 11) is 0. The summed E-state index contributed by atoms with van der Waals surface area (Å²) in [5.74, 6) is -0.0890. The van der Waals surface area contributed by atoms with Crippen LogP contribution in [-0.2, 0) is 4.74 Å². The van der Waals surface area contributed by atoms with Gasteiger partial charge in [0, 0.05) is 24.3 Å². The normalized spacial score (nSPS) is 16.5. The fraction of sp³-hybridized carbons (Fsp3) is 0.250. The molecule has 0 saturated carbocycles. The molecular weight excluding hydrogens is 328 g/mol. The minimum atomic E-state index is -0.0890. The average molecular weight is 348 g/mol. The van der Waals surface area contributed by atoms with Gasteiger partial charge in [0.25, 0.3) is 5.91 Å². The lowest BCUT2D eigenvalue weighted by Gasteiger charge is -2.11. The molecule has 6 nitrogen and oxygen atoms in total. The Labute approximate surface area is 151 Å². The summed E-state index contributed by atoms with van der Waals surface area (Å²) in [4.78, 5) is 12.3. The summed E-state index contributed by atoms with van der Waals surface area (Å²) < 4.78 is 7.30. The zero-order valence-electron chi connectivity index (χ0n) is 14.3. The van der Waals surface area contributed by atoms with Crippen molar-refractivity contribution in [1.82, 2.24) is 20.3 Å². The van der Waals surface area contributed by atoms with E-state index in [4.69, 9.17) is 4.74 Å². The van der Waals surface area contributed by atoms with Crippen LogP contribution in [0, 0.1) is 0 Å². The third-order valence-corrected chi connectivity index (χ3v) is 4.51. The van der Waals surface area contributed by atoms with E-state index in [9.17, 15) is 4.79 Å². The van der Waals surface area contributed by atoms with Crippen molar-refractivity contribution < 1.29 is 9.53 Å². The number of ether oxygens (including phenoxy) is 1. The highest BCUT2D eigenvalue weighted by Crippen LogP contribution is 2.21. The van der Waals surface area contributed by atoms with Crippen LogP contribution in [0.4, 0.5) is 0 Å². The van der Waals surface area contributed by atoms with Crippen LogP contribution < -0.4 is 5.32 Å². The molecule has 1 amide bonds. The lowest BCUT2D eigenvalue weighted by atomic mass is 10.1. The van der Waals surface area contributed by atoms with Crippen LogP contribution in [0.5, 0.6) is 0 Å². The van der Waals surface area contributed by atoms with Crippen molar-refractivity contribution >= 4 is 5.91 Å². The zero-order valence-corrected chi connectivity index (χ0v) is 14.3. The molecule has 0 aliphatic carbocycles. The smallest absolute Gasteiger partial charge is 0.251 e. The van der Waals surface area contributed by atoms with Gasteiger partial charge in [-0.25, -0.2) is 4.68 Å². The van der Waals surface area contributed by atoms with Crippen LogP contribution in [0.15, 0.2) is 60.8 Å². The van der Waals surface area contributed by atoms with E-state index in [1.54, 1.807) is 23.0 Å². The monoisotopic (exact) mass is 348 g/mol. The largest absolute Gasteiger partial charge is 0.376 e. The highest BCUT2D eigenvalue weighted by molar-refractivity contribution is 5.94. The van der Waals surface area contributed by atoms with E-state index in [1.807, 2.05) is 42.5 Å². The SMILES string of the molecule is O=C(NC[C@@H]1CCCO1)c1ccc(-n2nncc2-c2ccccc2)cc1. The maximum Gasteiger partial charge on any atom is 0.251 e. The van der Waals surface area contributed by atoms with Crippen LogP contribution in [0.3, 0.4) is 0 Å². The molecule has 1 aliphatic heterocycles. The van der Waals surface area contributed by atoms with Crippen molar-refractivity contribution in [2.24, 2.45) is 0 Å². The van der Waals surface area contributed by atoms with E-state index < -0.39 is 0 Å². The molecule has 0 unspecified atom stereocenters. The van der Waals surface area contributed by atoms with Crippen molar-refractivity contribution in [2.75, 3.05) is 13.2 Å². The maximum atomic E-state index is 12.3. The fourth-order valence-corrected chi connectivity index (χ4v) is 3.10. The average Bonchev–Trinajstić information content (AvgIpc) is 3.39. The Bertz CT molecular complexity index is 868. The van der Waals surface area contributed by atoms with Crippen molar-refractivity contribution in [3.05, 3.63) is 66.4 Å². The number of carbonyl (C=O) groups excluding carboxylic acids is 1. The third kappa shape index (κ3) is 3.50. The number of benzene rings is 2. The van der Waals surface area contributed by atoms with Gasteiger partial charge in [0.1, 0.15) is 0 Å². The van der Waals surface area contributed by atoms with E-state index in [2.05, 4.69) is 15.6 Å². The summed E-state index contributed by atoms with van der Waals surface area (Å²) in [5.41, 5.74) is 3.42. The summed E-state index contributed by atoms with van der Waals surface area (Å²) in [5, 5.41) is 11.1. The number of hydrogen-bond donors (Lipinski definition) is 1. The van der Waals surface area contributed by atoms with Gasteiger partial charge in [-0.3, -0.25) is 4.79 Å². The predicted molar refractivity (Wildman–Crippen MR) is 98.1 cm³/mol. The first-order valence-electron chi connectivity index (χ1n) is 8.77. The van der Waals surface area contributed by atoms with Gasteiger partial charge in [0.2, 0.25) is 0 Å². The third-order valence-electron chi connectivity index (χ3n) is 4.51. The maximum absolute atomic E-state index is 12.3. The van der Waals surface area contributed by atoms with Gasteiger partial charge in [-0.2, -0.15) is 0 Å². The second-order valence-electron chi connectivity index (χ2n) is 6.29. The minimum absolute atomic E-state index is 0.0890. The van der Waals surface area contributed by atoms with Gasteiger partial charge in [0.15, 0.2) is 0 Å². The molecule has 1 fully saturated rings. The Morgan fingerprint density at radius 2 is 1.96 bits per heavy atom. The summed E-state index contributed by atoms with van der Waals surface area (Å²) >= 11 is 0. The summed E-state index contributed by atoms with van der Waals surface area (Å²) in [6.45, 7) is 1.35. The molecule has 1 saturated heterocycles. The zero-order chi connectivity index (χ0) is 17.8. The molecule has 132 valence electrons. The van der Waals surface area contributed by atoms with Crippen LogP contribution in [0.2, 0.25) is 0 Å². The molecule has 1 aromatic heterocycles. The van der Waals surface area contributed by atoms with Gasteiger partial charge >= 0.3 is 0 Å². The van der Waals surface area contributed by atoms with Crippen LogP contribution in [0.1, 0.15) is 23.2 Å². The Kier molecular flexibility index (Phi) is 4.75. The Hall–Kier alpha value is -2.99. The topological polar surface area (TPSA) is 69.0 Å². The fourth-order valence-electron chi connectivity index (χ4n) is 3.10. The van der Waals surface area contributed by atoms with E-state index >= 15 is 0 Å². The summed E-state index contributed by atoms with van der Waals surface area (Å²) in [6.07, 6.45) is 3.95. The molecule has 0 bridgehead atoms. The Balaban J connectivity index is 1.48. The molecule has 0 radical (unpaired) electrons.